The van der Waals surface area contributed by atoms with E-state index in [9.17, 15) is 9.59 Å². The Bertz CT molecular complexity index is 837. The second-order valence-electron chi connectivity index (χ2n) is 7.36. The molecule has 0 radical (unpaired) electrons. The van der Waals surface area contributed by atoms with E-state index in [0.29, 0.717) is 13.1 Å². The Morgan fingerprint density at radius 3 is 2.74 bits per heavy atom. The maximum atomic E-state index is 12.8. The van der Waals surface area contributed by atoms with Crippen LogP contribution in [0, 0.1) is 0 Å². The lowest BCUT2D eigenvalue weighted by Gasteiger charge is -2.36. The standard InChI is InChI=1S/C21H25N3O3/c25-20-11-10-15(12-22-20)13-24-14-19(27-18-9-5-4-8-17(18)24)21(26)23-16-6-2-1-3-7-16/h4-5,8-12,16,19H,1-3,6-7,13-14H2,(H,22,25)(H,23,26). The van der Waals surface area contributed by atoms with Crippen molar-refractivity contribution in [1.82, 2.24) is 10.3 Å². The number of anilines is 1. The van der Waals surface area contributed by atoms with Gasteiger partial charge in [-0.05, 0) is 30.5 Å². The van der Waals surface area contributed by atoms with Crippen LogP contribution in [0.1, 0.15) is 37.7 Å². The zero-order valence-electron chi connectivity index (χ0n) is 15.3. The predicted molar refractivity (Wildman–Crippen MR) is 104 cm³/mol. The van der Waals surface area contributed by atoms with E-state index in [4.69, 9.17) is 4.74 Å². The van der Waals surface area contributed by atoms with Gasteiger partial charge in [0.05, 0.1) is 12.2 Å². The number of para-hydroxylation sites is 2. The molecular formula is C21H25N3O3. The largest absolute Gasteiger partial charge is 0.477 e. The number of ether oxygens (including phenoxy) is 1. The minimum atomic E-state index is -0.537. The normalized spacial score (nSPS) is 19.9. The predicted octanol–water partition coefficient (Wildman–Crippen LogP) is 2.59. The van der Waals surface area contributed by atoms with E-state index in [0.717, 1.165) is 29.8 Å². The highest BCUT2D eigenvalue weighted by Gasteiger charge is 2.32. The number of carbonyl (C=O) groups is 1. The van der Waals surface area contributed by atoms with Crippen LogP contribution in [0.5, 0.6) is 5.75 Å². The minimum absolute atomic E-state index is 0.0390. The van der Waals surface area contributed by atoms with Gasteiger partial charge in [0.1, 0.15) is 5.75 Å². The van der Waals surface area contributed by atoms with E-state index in [-0.39, 0.29) is 17.5 Å². The monoisotopic (exact) mass is 367 g/mol. The Balaban J connectivity index is 1.51. The van der Waals surface area contributed by atoms with Crippen molar-refractivity contribution >= 4 is 11.6 Å². The molecule has 2 aliphatic rings. The van der Waals surface area contributed by atoms with Gasteiger partial charge in [-0.15, -0.1) is 0 Å². The van der Waals surface area contributed by atoms with Crippen LogP contribution in [-0.4, -0.2) is 29.6 Å². The Hall–Kier alpha value is -2.76. The number of hydrogen-bond acceptors (Lipinski definition) is 4. The zero-order chi connectivity index (χ0) is 18.6. The molecule has 1 amide bonds. The van der Waals surface area contributed by atoms with E-state index in [2.05, 4.69) is 15.2 Å². The van der Waals surface area contributed by atoms with Gasteiger partial charge in [-0.2, -0.15) is 0 Å². The van der Waals surface area contributed by atoms with Crippen molar-refractivity contribution in [1.29, 1.82) is 0 Å². The average Bonchev–Trinajstić information content (AvgIpc) is 2.70. The summed E-state index contributed by atoms with van der Waals surface area (Å²) >= 11 is 0. The molecule has 6 heteroatoms. The van der Waals surface area contributed by atoms with Crippen molar-refractivity contribution in [3.63, 3.8) is 0 Å². The molecule has 1 aromatic carbocycles. The lowest BCUT2D eigenvalue weighted by molar-refractivity contribution is -0.128. The van der Waals surface area contributed by atoms with Gasteiger partial charge < -0.3 is 19.9 Å². The quantitative estimate of drug-likeness (QED) is 0.871. The number of pyridine rings is 1. The van der Waals surface area contributed by atoms with E-state index in [1.807, 2.05) is 30.3 Å². The Labute approximate surface area is 158 Å². The summed E-state index contributed by atoms with van der Waals surface area (Å²) in [5, 5.41) is 3.17. The summed E-state index contributed by atoms with van der Waals surface area (Å²) in [6.07, 6.45) is 6.90. The summed E-state index contributed by atoms with van der Waals surface area (Å²) in [4.78, 5) is 29.0. The van der Waals surface area contributed by atoms with Gasteiger partial charge in [0.15, 0.2) is 6.10 Å². The van der Waals surface area contributed by atoms with E-state index < -0.39 is 6.10 Å². The third-order valence-corrected chi connectivity index (χ3v) is 5.33. The number of aromatic amines is 1. The van der Waals surface area contributed by atoms with Gasteiger partial charge in [0.25, 0.3) is 5.91 Å². The molecule has 142 valence electrons. The number of carbonyl (C=O) groups excluding carboxylic acids is 1. The summed E-state index contributed by atoms with van der Waals surface area (Å²) in [6.45, 7) is 1.08. The summed E-state index contributed by atoms with van der Waals surface area (Å²) in [7, 11) is 0. The second-order valence-corrected chi connectivity index (χ2v) is 7.36. The molecule has 1 aliphatic heterocycles. The van der Waals surface area contributed by atoms with Gasteiger partial charge in [0, 0.05) is 24.8 Å². The molecule has 2 heterocycles. The summed E-state index contributed by atoms with van der Waals surface area (Å²) in [6, 6.07) is 11.4. The summed E-state index contributed by atoms with van der Waals surface area (Å²) in [5.41, 5.74) is 1.83. The number of hydrogen-bond donors (Lipinski definition) is 2. The molecule has 0 saturated heterocycles. The molecule has 1 fully saturated rings. The smallest absolute Gasteiger partial charge is 0.263 e. The van der Waals surface area contributed by atoms with E-state index >= 15 is 0 Å². The first-order valence-corrected chi connectivity index (χ1v) is 9.68. The second kappa shape index (κ2) is 7.86. The Kier molecular flexibility index (Phi) is 5.14. The van der Waals surface area contributed by atoms with Crippen molar-refractivity contribution in [2.45, 2.75) is 50.8 Å². The van der Waals surface area contributed by atoms with Crippen LogP contribution in [0.4, 0.5) is 5.69 Å². The molecule has 1 saturated carbocycles. The highest BCUT2D eigenvalue weighted by Crippen LogP contribution is 2.34. The number of nitrogens with zero attached hydrogens (tertiary/aromatic N) is 1. The maximum absolute atomic E-state index is 12.8. The average molecular weight is 367 g/mol. The van der Waals surface area contributed by atoms with Crippen LogP contribution < -0.4 is 20.5 Å². The number of rotatable bonds is 4. The first-order chi connectivity index (χ1) is 13.2. The molecule has 2 N–H and O–H groups in total. The Morgan fingerprint density at radius 2 is 1.96 bits per heavy atom. The first-order valence-electron chi connectivity index (χ1n) is 9.68. The van der Waals surface area contributed by atoms with Gasteiger partial charge in [-0.25, -0.2) is 0 Å². The molecule has 0 spiro atoms. The van der Waals surface area contributed by atoms with Crippen molar-refractivity contribution in [2.24, 2.45) is 0 Å². The number of benzene rings is 1. The van der Waals surface area contributed by atoms with Crippen LogP contribution in [0.2, 0.25) is 0 Å². The zero-order valence-corrected chi connectivity index (χ0v) is 15.3. The molecule has 1 aliphatic carbocycles. The number of nitrogens with one attached hydrogen (secondary N) is 2. The van der Waals surface area contributed by atoms with Gasteiger partial charge in [-0.3, -0.25) is 9.59 Å². The number of fused-ring (bicyclic) bond motifs is 1. The van der Waals surface area contributed by atoms with E-state index in [1.165, 1.54) is 25.3 Å². The van der Waals surface area contributed by atoms with Gasteiger partial charge in [0.2, 0.25) is 5.56 Å². The van der Waals surface area contributed by atoms with Crippen LogP contribution in [-0.2, 0) is 11.3 Å². The maximum Gasteiger partial charge on any atom is 0.263 e. The molecule has 0 bridgehead atoms. The van der Waals surface area contributed by atoms with Gasteiger partial charge >= 0.3 is 0 Å². The number of H-pyrrole nitrogens is 1. The van der Waals surface area contributed by atoms with Crippen molar-refractivity contribution in [3.8, 4) is 5.75 Å². The minimum Gasteiger partial charge on any atom is -0.477 e. The van der Waals surface area contributed by atoms with Crippen molar-refractivity contribution in [3.05, 3.63) is 58.5 Å². The molecule has 27 heavy (non-hydrogen) atoms. The topological polar surface area (TPSA) is 74.4 Å². The van der Waals surface area contributed by atoms with Crippen LogP contribution in [0.15, 0.2) is 47.4 Å². The molecular weight excluding hydrogens is 342 g/mol. The molecule has 4 rings (SSSR count). The fraction of sp³-hybridized carbons (Fsp3) is 0.429. The highest BCUT2D eigenvalue weighted by atomic mass is 16.5. The molecule has 1 unspecified atom stereocenters. The van der Waals surface area contributed by atoms with Crippen LogP contribution in [0.3, 0.4) is 0 Å². The first kappa shape index (κ1) is 17.6. The van der Waals surface area contributed by atoms with Crippen LogP contribution >= 0.6 is 0 Å². The van der Waals surface area contributed by atoms with Gasteiger partial charge in [-0.1, -0.05) is 37.5 Å². The fourth-order valence-corrected chi connectivity index (χ4v) is 3.90. The summed E-state index contributed by atoms with van der Waals surface area (Å²) < 4.78 is 6.01. The molecule has 1 aromatic heterocycles. The lowest BCUT2D eigenvalue weighted by atomic mass is 9.95. The fourth-order valence-electron chi connectivity index (χ4n) is 3.90. The molecule has 1 atom stereocenters. The Morgan fingerprint density at radius 1 is 1.15 bits per heavy atom. The summed E-state index contributed by atoms with van der Waals surface area (Å²) in [5.74, 6) is 0.680. The third-order valence-electron chi connectivity index (χ3n) is 5.33. The van der Waals surface area contributed by atoms with Crippen molar-refractivity contribution in [2.75, 3.05) is 11.4 Å². The number of amides is 1. The SMILES string of the molecule is O=C(NC1CCCCC1)C1CN(Cc2ccc(=O)[nH]c2)c2ccccc2O1. The van der Waals surface area contributed by atoms with Crippen molar-refractivity contribution < 1.29 is 9.53 Å². The van der Waals surface area contributed by atoms with E-state index in [1.54, 1.807) is 6.20 Å². The molecule has 6 nitrogen and oxygen atoms in total. The highest BCUT2D eigenvalue weighted by molar-refractivity contribution is 5.83. The van der Waals surface area contributed by atoms with Crippen LogP contribution in [0.25, 0.3) is 0 Å². The lowest BCUT2D eigenvalue weighted by Crippen LogP contribution is -2.51. The molecule has 2 aromatic rings. The number of aromatic nitrogens is 1. The third kappa shape index (κ3) is 4.15.